The fourth-order valence-corrected chi connectivity index (χ4v) is 3.44. The number of hydrogen-bond acceptors (Lipinski definition) is 3. The van der Waals surface area contributed by atoms with Crippen LogP contribution in [0.1, 0.15) is 37.0 Å². The van der Waals surface area contributed by atoms with Crippen LogP contribution in [0.15, 0.2) is 59.5 Å². The molecule has 0 spiro atoms. The zero-order valence-corrected chi connectivity index (χ0v) is 14.6. The molecule has 0 fully saturated rings. The number of carbonyl (C=O) groups is 1. The number of carbonyl (C=O) groups excluding carboxylic acids is 1. The first-order valence-corrected chi connectivity index (χ1v) is 9.39. The molecule has 0 bridgehead atoms. The number of amides is 1. The second-order valence-electron chi connectivity index (χ2n) is 5.66. The second kappa shape index (κ2) is 7.97. The third-order valence-electron chi connectivity index (χ3n) is 3.53. The molecule has 0 heterocycles. The van der Waals surface area contributed by atoms with Gasteiger partial charge in [0.15, 0.2) is 0 Å². The number of anilines is 1. The molecule has 0 saturated heterocycles. The van der Waals surface area contributed by atoms with Gasteiger partial charge in [-0.05, 0) is 43.7 Å². The first-order chi connectivity index (χ1) is 11.4. The van der Waals surface area contributed by atoms with E-state index in [2.05, 4.69) is 10.0 Å². The fourth-order valence-electron chi connectivity index (χ4n) is 2.34. The second-order valence-corrected chi connectivity index (χ2v) is 7.34. The first-order valence-electron chi connectivity index (χ1n) is 7.91. The van der Waals surface area contributed by atoms with Crippen molar-refractivity contribution in [2.75, 3.05) is 4.72 Å². The number of benzene rings is 2. The van der Waals surface area contributed by atoms with Crippen LogP contribution in [0, 0.1) is 0 Å². The molecule has 0 aliphatic rings. The van der Waals surface area contributed by atoms with E-state index < -0.39 is 10.0 Å². The van der Waals surface area contributed by atoms with E-state index in [1.54, 1.807) is 42.5 Å². The van der Waals surface area contributed by atoms with Crippen molar-refractivity contribution in [2.45, 2.75) is 37.6 Å². The highest BCUT2D eigenvalue weighted by atomic mass is 32.2. The van der Waals surface area contributed by atoms with Crippen molar-refractivity contribution >= 4 is 21.6 Å². The maximum absolute atomic E-state index is 12.5. The average Bonchev–Trinajstić information content (AvgIpc) is 2.55. The normalized spacial score (nSPS) is 12.4. The van der Waals surface area contributed by atoms with E-state index in [0.717, 1.165) is 12.8 Å². The molecule has 0 saturated carbocycles. The SMILES string of the molecule is CCCC(C)NC(=O)c1cccc(S(=O)(=O)Nc2ccccc2)c1. The molecule has 0 aliphatic carbocycles. The smallest absolute Gasteiger partial charge is 0.261 e. The van der Waals surface area contributed by atoms with E-state index in [1.165, 1.54) is 12.1 Å². The van der Waals surface area contributed by atoms with Gasteiger partial charge >= 0.3 is 0 Å². The molecule has 0 aromatic heterocycles. The van der Waals surface area contributed by atoms with Crippen molar-refractivity contribution < 1.29 is 13.2 Å². The largest absolute Gasteiger partial charge is 0.350 e. The molecule has 2 aromatic carbocycles. The minimum Gasteiger partial charge on any atom is -0.350 e. The van der Waals surface area contributed by atoms with Gasteiger partial charge in [0.05, 0.1) is 4.90 Å². The molecule has 2 N–H and O–H groups in total. The Kier molecular flexibility index (Phi) is 5.98. The number of hydrogen-bond donors (Lipinski definition) is 2. The Morgan fingerprint density at radius 1 is 1.08 bits per heavy atom. The number of nitrogens with one attached hydrogen (secondary N) is 2. The van der Waals surface area contributed by atoms with E-state index in [-0.39, 0.29) is 16.8 Å². The van der Waals surface area contributed by atoms with Crippen LogP contribution >= 0.6 is 0 Å². The van der Waals surface area contributed by atoms with Crippen LogP contribution in [0.2, 0.25) is 0 Å². The third kappa shape index (κ3) is 4.83. The Balaban J connectivity index is 2.18. The van der Waals surface area contributed by atoms with Gasteiger partial charge in [-0.1, -0.05) is 37.6 Å². The van der Waals surface area contributed by atoms with Gasteiger partial charge in [0.2, 0.25) is 0 Å². The number of rotatable bonds is 7. The van der Waals surface area contributed by atoms with E-state index >= 15 is 0 Å². The third-order valence-corrected chi connectivity index (χ3v) is 4.91. The Labute approximate surface area is 143 Å². The Morgan fingerprint density at radius 3 is 2.46 bits per heavy atom. The van der Waals surface area contributed by atoms with Crippen molar-refractivity contribution in [3.8, 4) is 0 Å². The van der Waals surface area contributed by atoms with Crippen molar-refractivity contribution in [3.63, 3.8) is 0 Å². The zero-order chi connectivity index (χ0) is 17.6. The highest BCUT2D eigenvalue weighted by Crippen LogP contribution is 2.17. The molecular formula is C18H22N2O3S. The van der Waals surface area contributed by atoms with E-state index in [0.29, 0.717) is 11.3 Å². The topological polar surface area (TPSA) is 75.3 Å². The minimum atomic E-state index is -3.74. The van der Waals surface area contributed by atoms with Crippen LogP contribution in [0.25, 0.3) is 0 Å². The molecule has 1 unspecified atom stereocenters. The van der Waals surface area contributed by atoms with Gasteiger partial charge in [-0.3, -0.25) is 9.52 Å². The average molecular weight is 346 g/mol. The predicted molar refractivity (Wildman–Crippen MR) is 95.5 cm³/mol. The molecule has 1 amide bonds. The van der Waals surface area contributed by atoms with E-state index in [4.69, 9.17) is 0 Å². The van der Waals surface area contributed by atoms with E-state index in [9.17, 15) is 13.2 Å². The molecule has 2 rings (SSSR count). The summed E-state index contributed by atoms with van der Waals surface area (Å²) in [5.74, 6) is -0.271. The maximum atomic E-state index is 12.5. The molecule has 128 valence electrons. The summed E-state index contributed by atoms with van der Waals surface area (Å²) in [7, 11) is -3.74. The predicted octanol–water partition coefficient (Wildman–Crippen LogP) is 3.41. The summed E-state index contributed by atoms with van der Waals surface area (Å²) in [5, 5.41) is 2.87. The summed E-state index contributed by atoms with van der Waals surface area (Å²) in [6, 6.07) is 14.7. The molecule has 5 nitrogen and oxygen atoms in total. The van der Waals surface area contributed by atoms with Crippen LogP contribution in [-0.4, -0.2) is 20.4 Å². The van der Waals surface area contributed by atoms with Crippen LogP contribution in [0.3, 0.4) is 0 Å². The van der Waals surface area contributed by atoms with Crippen LogP contribution < -0.4 is 10.0 Å². The van der Waals surface area contributed by atoms with Gasteiger partial charge < -0.3 is 5.32 Å². The van der Waals surface area contributed by atoms with Gasteiger partial charge in [0.25, 0.3) is 15.9 Å². The van der Waals surface area contributed by atoms with E-state index in [1.807, 2.05) is 13.8 Å². The van der Waals surface area contributed by atoms with Crippen LogP contribution in [0.4, 0.5) is 5.69 Å². The first kappa shape index (κ1) is 18.0. The summed E-state index contributed by atoms with van der Waals surface area (Å²) in [4.78, 5) is 12.3. The molecule has 1 atom stereocenters. The van der Waals surface area contributed by atoms with Gasteiger partial charge in [-0.15, -0.1) is 0 Å². The number of sulfonamides is 1. The number of para-hydroxylation sites is 1. The molecule has 0 radical (unpaired) electrons. The van der Waals surface area contributed by atoms with Crippen molar-refractivity contribution in [3.05, 3.63) is 60.2 Å². The zero-order valence-electron chi connectivity index (χ0n) is 13.8. The molecule has 6 heteroatoms. The molecule has 24 heavy (non-hydrogen) atoms. The highest BCUT2D eigenvalue weighted by Gasteiger charge is 2.17. The summed E-state index contributed by atoms with van der Waals surface area (Å²) in [6.07, 6.45) is 1.84. The lowest BCUT2D eigenvalue weighted by atomic mass is 10.1. The van der Waals surface area contributed by atoms with Crippen molar-refractivity contribution in [1.29, 1.82) is 0 Å². The van der Waals surface area contributed by atoms with Crippen LogP contribution in [-0.2, 0) is 10.0 Å². The quantitative estimate of drug-likeness (QED) is 0.807. The monoisotopic (exact) mass is 346 g/mol. The van der Waals surface area contributed by atoms with Gasteiger partial charge in [-0.25, -0.2) is 8.42 Å². The fraction of sp³-hybridized carbons (Fsp3) is 0.278. The van der Waals surface area contributed by atoms with Crippen LogP contribution in [0.5, 0.6) is 0 Å². The molecule has 0 aliphatic heterocycles. The standard InChI is InChI=1S/C18H22N2O3S/c1-3-8-14(2)19-18(21)15-9-7-12-17(13-15)24(22,23)20-16-10-5-4-6-11-16/h4-7,9-14,20H,3,8H2,1-2H3,(H,19,21). The summed E-state index contributed by atoms with van der Waals surface area (Å²) < 4.78 is 27.4. The molecule has 2 aromatic rings. The maximum Gasteiger partial charge on any atom is 0.261 e. The lowest BCUT2D eigenvalue weighted by molar-refractivity contribution is 0.0938. The lowest BCUT2D eigenvalue weighted by Gasteiger charge is -2.13. The highest BCUT2D eigenvalue weighted by molar-refractivity contribution is 7.92. The summed E-state index contributed by atoms with van der Waals surface area (Å²) >= 11 is 0. The summed E-state index contributed by atoms with van der Waals surface area (Å²) in [5.41, 5.74) is 0.804. The van der Waals surface area contributed by atoms with Gasteiger partial charge in [-0.2, -0.15) is 0 Å². The Morgan fingerprint density at radius 2 is 1.79 bits per heavy atom. The Bertz CT molecular complexity index is 789. The van der Waals surface area contributed by atoms with Gasteiger partial charge in [0.1, 0.15) is 0 Å². The lowest BCUT2D eigenvalue weighted by Crippen LogP contribution is -2.32. The minimum absolute atomic E-state index is 0.0465. The van der Waals surface area contributed by atoms with Crippen molar-refractivity contribution in [1.82, 2.24) is 5.32 Å². The van der Waals surface area contributed by atoms with Gasteiger partial charge in [0, 0.05) is 17.3 Å². The Hall–Kier alpha value is -2.34. The molecular weight excluding hydrogens is 324 g/mol. The summed E-state index contributed by atoms with van der Waals surface area (Å²) in [6.45, 7) is 3.98. The van der Waals surface area contributed by atoms with Crippen molar-refractivity contribution in [2.24, 2.45) is 0 Å².